The van der Waals surface area contributed by atoms with Gasteiger partial charge >= 0.3 is 0 Å². The molecule has 11 aromatic carbocycles. The molecule has 0 unspecified atom stereocenters. The van der Waals surface area contributed by atoms with E-state index in [4.69, 9.17) is 0 Å². The zero-order valence-electron chi connectivity index (χ0n) is 35.4. The first-order valence-electron chi connectivity index (χ1n) is 22.4. The molecule has 0 saturated heterocycles. The summed E-state index contributed by atoms with van der Waals surface area (Å²) in [6, 6.07) is 87.1. The van der Waals surface area contributed by atoms with E-state index in [1.165, 1.54) is 110 Å². The van der Waals surface area contributed by atoms with Crippen molar-refractivity contribution in [3.05, 3.63) is 237 Å². The molecule has 0 aliphatic carbocycles. The molecule has 0 fully saturated rings. The molecule has 0 spiro atoms. The Bertz CT molecular complexity index is 3800. The summed E-state index contributed by atoms with van der Waals surface area (Å²) < 4.78 is 7.41. The van der Waals surface area contributed by atoms with E-state index in [1.807, 2.05) is 0 Å². The van der Waals surface area contributed by atoms with Crippen LogP contribution in [0.4, 0.5) is 0 Å². The average molecular weight is 826 g/mol. The van der Waals surface area contributed by atoms with E-state index in [2.05, 4.69) is 250 Å². The molecular weight excluding hydrogens is 787 g/mol. The fourth-order valence-electron chi connectivity index (χ4n) is 10.9. The van der Waals surface area contributed by atoms with Crippen LogP contribution in [-0.4, -0.2) is 13.7 Å². The van der Waals surface area contributed by atoms with Crippen molar-refractivity contribution in [3.8, 4) is 50.4 Å². The summed E-state index contributed by atoms with van der Waals surface area (Å²) in [5.74, 6) is 0. The molecule has 0 aliphatic heterocycles. The molecule has 0 radical (unpaired) electrons. The smallest absolute Gasteiger partial charge is 0.0568 e. The normalized spacial score (nSPS) is 12.0. The maximum atomic E-state index is 2.51. The number of aromatic nitrogens is 3. The Morgan fingerprint density at radius 2 is 0.523 bits per heavy atom. The Labute approximate surface area is 375 Å². The Morgan fingerprint density at radius 1 is 0.200 bits per heavy atom. The van der Waals surface area contributed by atoms with Crippen molar-refractivity contribution in [1.82, 2.24) is 13.7 Å². The first kappa shape index (κ1) is 35.9. The van der Waals surface area contributed by atoms with Gasteiger partial charge in [-0.15, -0.1) is 0 Å². The second-order valence-electron chi connectivity index (χ2n) is 17.3. The van der Waals surface area contributed by atoms with Crippen LogP contribution in [0, 0.1) is 0 Å². The predicted octanol–water partition coefficient (Wildman–Crippen LogP) is 16.6. The Hall–Kier alpha value is -8.66. The van der Waals surface area contributed by atoms with Gasteiger partial charge < -0.3 is 13.7 Å². The zero-order chi connectivity index (χ0) is 42.6. The lowest BCUT2D eigenvalue weighted by Crippen LogP contribution is -1.98. The summed E-state index contributed by atoms with van der Waals surface area (Å²) in [4.78, 5) is 0. The lowest BCUT2D eigenvalue weighted by Gasteiger charge is -2.14. The average Bonchev–Trinajstić information content (AvgIpc) is 4.02. The predicted molar refractivity (Wildman–Crippen MR) is 274 cm³/mol. The lowest BCUT2D eigenvalue weighted by atomic mass is 9.93. The van der Waals surface area contributed by atoms with E-state index in [0.29, 0.717) is 0 Å². The number of hydrogen-bond donors (Lipinski definition) is 0. The highest BCUT2D eigenvalue weighted by atomic mass is 15.0. The molecule has 0 aliphatic rings. The summed E-state index contributed by atoms with van der Waals surface area (Å²) in [7, 11) is 0. The van der Waals surface area contributed by atoms with Crippen LogP contribution in [0.25, 0.3) is 127 Å². The van der Waals surface area contributed by atoms with Gasteiger partial charge in [-0.1, -0.05) is 158 Å². The van der Waals surface area contributed by atoms with Gasteiger partial charge in [0.2, 0.25) is 0 Å². The summed E-state index contributed by atoms with van der Waals surface area (Å²) in [6.07, 6.45) is 0. The Kier molecular flexibility index (Phi) is 7.69. The van der Waals surface area contributed by atoms with Crippen LogP contribution in [0.3, 0.4) is 0 Å². The first-order chi connectivity index (χ1) is 32.2. The quantitative estimate of drug-likeness (QED) is 0.148. The number of rotatable bonds is 6. The van der Waals surface area contributed by atoms with E-state index in [1.54, 1.807) is 0 Å². The van der Waals surface area contributed by atoms with E-state index in [9.17, 15) is 0 Å². The van der Waals surface area contributed by atoms with Crippen molar-refractivity contribution in [3.63, 3.8) is 0 Å². The van der Waals surface area contributed by atoms with Crippen LogP contribution >= 0.6 is 0 Å². The van der Waals surface area contributed by atoms with Crippen molar-refractivity contribution >= 4 is 76.2 Å². The van der Waals surface area contributed by atoms with Crippen LogP contribution in [0.1, 0.15) is 0 Å². The molecule has 3 nitrogen and oxygen atoms in total. The number of para-hydroxylation sites is 4. The minimum atomic E-state index is 1.12. The summed E-state index contributed by atoms with van der Waals surface area (Å²) in [5, 5.41) is 10.0. The van der Waals surface area contributed by atoms with Gasteiger partial charge in [0, 0.05) is 49.4 Å². The number of benzene rings is 11. The topological polar surface area (TPSA) is 14.8 Å². The van der Waals surface area contributed by atoms with Crippen LogP contribution in [0.15, 0.2) is 237 Å². The molecule has 14 aromatic rings. The van der Waals surface area contributed by atoms with Crippen molar-refractivity contribution in [2.45, 2.75) is 0 Å². The molecule has 302 valence electrons. The summed E-state index contributed by atoms with van der Waals surface area (Å²) in [6.45, 7) is 0. The fourth-order valence-corrected chi connectivity index (χ4v) is 10.9. The second kappa shape index (κ2) is 13.9. The Balaban J connectivity index is 1.03. The van der Waals surface area contributed by atoms with Crippen molar-refractivity contribution in [2.75, 3.05) is 0 Å². The third kappa shape index (κ3) is 5.43. The van der Waals surface area contributed by atoms with Gasteiger partial charge in [0.25, 0.3) is 0 Å². The van der Waals surface area contributed by atoms with E-state index in [0.717, 1.165) is 17.1 Å². The van der Waals surface area contributed by atoms with Crippen LogP contribution in [-0.2, 0) is 0 Å². The minimum absolute atomic E-state index is 1.12. The van der Waals surface area contributed by atoms with Crippen LogP contribution < -0.4 is 0 Å². The fraction of sp³-hybridized carbons (Fsp3) is 0. The van der Waals surface area contributed by atoms with Crippen molar-refractivity contribution in [1.29, 1.82) is 0 Å². The molecule has 65 heavy (non-hydrogen) atoms. The second-order valence-corrected chi connectivity index (χ2v) is 17.3. The maximum Gasteiger partial charge on any atom is 0.0568 e. The van der Waals surface area contributed by atoms with Gasteiger partial charge in [-0.05, 0) is 123 Å². The standard InChI is InChI=1S/C62H39N3/c1-3-15-40(16-4-1)45-33-46(41-17-5-2-6-18-41)35-47(34-45)42-29-31-48(32-30-42)63-59-38-49(64-55-23-11-7-19-51(55)52-20-8-12-24-56(52)64)36-43-27-28-44-37-50(39-60(63)62(44)61(43)59)65-57-25-13-9-21-53(57)54-22-10-14-26-58(54)65/h1-39H. The molecule has 0 saturated carbocycles. The zero-order valence-corrected chi connectivity index (χ0v) is 35.4. The van der Waals surface area contributed by atoms with Gasteiger partial charge in [-0.25, -0.2) is 0 Å². The van der Waals surface area contributed by atoms with Gasteiger partial charge in [0.15, 0.2) is 0 Å². The molecule has 3 heterocycles. The highest BCUT2D eigenvalue weighted by molar-refractivity contribution is 6.25. The van der Waals surface area contributed by atoms with Gasteiger partial charge in [0.05, 0.1) is 33.1 Å². The molecular formula is C62H39N3. The molecule has 0 N–H and O–H groups in total. The van der Waals surface area contributed by atoms with Gasteiger partial charge in [-0.2, -0.15) is 0 Å². The molecule has 0 bridgehead atoms. The van der Waals surface area contributed by atoms with Crippen molar-refractivity contribution < 1.29 is 0 Å². The van der Waals surface area contributed by atoms with E-state index >= 15 is 0 Å². The highest BCUT2D eigenvalue weighted by Gasteiger charge is 2.22. The number of nitrogens with zero attached hydrogens (tertiary/aromatic N) is 3. The minimum Gasteiger partial charge on any atom is -0.309 e. The maximum absolute atomic E-state index is 2.51. The Morgan fingerprint density at radius 3 is 0.908 bits per heavy atom. The molecule has 0 atom stereocenters. The van der Waals surface area contributed by atoms with Crippen molar-refractivity contribution in [2.24, 2.45) is 0 Å². The van der Waals surface area contributed by atoms with Crippen LogP contribution in [0.2, 0.25) is 0 Å². The third-order valence-electron chi connectivity index (χ3n) is 13.7. The SMILES string of the molecule is c1ccc(-c2cc(-c3ccccc3)cc(-c3ccc(-n4c5cc(-n6c7ccccc7c7ccccc76)cc6ccc7cc(-n8c9ccccc9c9ccccc98)cc4c7c65)cc3)c2)cc1. The highest BCUT2D eigenvalue weighted by Crippen LogP contribution is 2.44. The van der Waals surface area contributed by atoms with Gasteiger partial charge in [-0.3, -0.25) is 0 Å². The monoisotopic (exact) mass is 825 g/mol. The lowest BCUT2D eigenvalue weighted by molar-refractivity contribution is 1.15. The van der Waals surface area contributed by atoms with E-state index in [-0.39, 0.29) is 0 Å². The summed E-state index contributed by atoms with van der Waals surface area (Å²) >= 11 is 0. The molecule has 3 heteroatoms. The van der Waals surface area contributed by atoms with Crippen LogP contribution in [0.5, 0.6) is 0 Å². The molecule has 3 aromatic heterocycles. The number of hydrogen-bond acceptors (Lipinski definition) is 0. The molecule has 14 rings (SSSR count). The third-order valence-corrected chi connectivity index (χ3v) is 13.7. The first-order valence-corrected chi connectivity index (χ1v) is 22.4. The molecule has 0 amide bonds. The number of fused-ring (bicyclic) bond motifs is 6. The van der Waals surface area contributed by atoms with Gasteiger partial charge in [0.1, 0.15) is 0 Å². The van der Waals surface area contributed by atoms with E-state index < -0.39 is 0 Å². The largest absolute Gasteiger partial charge is 0.309 e. The summed E-state index contributed by atoms with van der Waals surface area (Å²) in [5.41, 5.74) is 17.8.